The van der Waals surface area contributed by atoms with Crippen molar-refractivity contribution in [2.75, 3.05) is 32.7 Å². The number of nitrogens with one attached hydrogen (secondary N) is 1. The maximum absolute atomic E-state index is 4.86. The summed E-state index contributed by atoms with van der Waals surface area (Å²) < 4.78 is 0. The summed E-state index contributed by atoms with van der Waals surface area (Å²) in [6.45, 7) is 7.96. The molecule has 0 spiro atoms. The molecule has 2 heterocycles. The average molecular weight is 319 g/mol. The molecule has 1 N–H and O–H groups in total. The van der Waals surface area contributed by atoms with Gasteiger partial charge in [-0.05, 0) is 50.1 Å². The molecule has 0 unspecified atom stereocenters. The van der Waals surface area contributed by atoms with Gasteiger partial charge in [-0.1, -0.05) is 29.8 Å². The van der Waals surface area contributed by atoms with Crippen LogP contribution < -0.4 is 5.32 Å². The molecule has 3 aromatic rings. The Morgan fingerprint density at radius 2 is 1.79 bits per heavy atom. The summed E-state index contributed by atoms with van der Waals surface area (Å²) in [5.74, 6) is 0. The molecular weight excluding hydrogens is 294 g/mol. The smallest absolute Gasteiger partial charge is 0.0712 e. The molecule has 1 fully saturated rings. The van der Waals surface area contributed by atoms with E-state index in [0.29, 0.717) is 0 Å². The molecule has 0 radical (unpaired) electrons. The number of aromatic nitrogens is 1. The highest BCUT2D eigenvalue weighted by atomic mass is 15.2. The van der Waals surface area contributed by atoms with Gasteiger partial charge in [0, 0.05) is 37.0 Å². The summed E-state index contributed by atoms with van der Waals surface area (Å²) >= 11 is 0. The highest BCUT2D eigenvalue weighted by Crippen LogP contribution is 2.28. The third-order valence-corrected chi connectivity index (χ3v) is 5.06. The maximum atomic E-state index is 4.86. The lowest BCUT2D eigenvalue weighted by Crippen LogP contribution is -2.43. The molecule has 1 aliphatic heterocycles. The third kappa shape index (κ3) is 3.14. The van der Waals surface area contributed by atoms with Crippen LogP contribution in [0.5, 0.6) is 0 Å². The summed E-state index contributed by atoms with van der Waals surface area (Å²) in [7, 11) is 0. The normalized spacial score (nSPS) is 16.0. The second kappa shape index (κ2) is 6.88. The Kier molecular flexibility index (Phi) is 4.46. The first-order valence-electron chi connectivity index (χ1n) is 9.02. The topological polar surface area (TPSA) is 28.2 Å². The Balaban J connectivity index is 1.66. The van der Waals surface area contributed by atoms with Crippen molar-refractivity contribution in [3.63, 3.8) is 0 Å². The highest BCUT2D eigenvalue weighted by Gasteiger charge is 2.12. The fraction of sp³-hybridized carbons (Fsp3) is 0.381. The molecule has 2 aromatic carbocycles. The summed E-state index contributed by atoms with van der Waals surface area (Å²) in [6, 6.07) is 15.2. The summed E-state index contributed by atoms with van der Waals surface area (Å²) in [5.41, 5.74) is 5.01. The van der Waals surface area contributed by atoms with E-state index in [1.54, 1.807) is 0 Å². The van der Waals surface area contributed by atoms with Gasteiger partial charge in [0.25, 0.3) is 0 Å². The van der Waals surface area contributed by atoms with Crippen LogP contribution in [0.25, 0.3) is 21.8 Å². The van der Waals surface area contributed by atoms with E-state index in [0.717, 1.165) is 30.5 Å². The molecule has 0 atom stereocenters. The SMILES string of the molecule is Cc1ccc2nc3ccccc3c(CCCN3CCNCC3)c2c1. The van der Waals surface area contributed by atoms with Gasteiger partial charge in [-0.15, -0.1) is 0 Å². The van der Waals surface area contributed by atoms with Crippen molar-refractivity contribution in [1.82, 2.24) is 15.2 Å². The number of fused-ring (bicyclic) bond motifs is 2. The van der Waals surface area contributed by atoms with E-state index in [9.17, 15) is 0 Å². The van der Waals surface area contributed by atoms with Crippen LogP contribution in [0, 0.1) is 6.92 Å². The van der Waals surface area contributed by atoms with Crippen LogP contribution >= 0.6 is 0 Å². The van der Waals surface area contributed by atoms with E-state index >= 15 is 0 Å². The molecule has 1 aliphatic rings. The van der Waals surface area contributed by atoms with Crippen molar-refractivity contribution < 1.29 is 0 Å². The molecule has 0 saturated carbocycles. The average Bonchev–Trinajstić information content (AvgIpc) is 2.62. The number of hydrogen-bond acceptors (Lipinski definition) is 3. The fourth-order valence-electron chi connectivity index (χ4n) is 3.77. The lowest BCUT2D eigenvalue weighted by atomic mass is 9.97. The van der Waals surface area contributed by atoms with E-state index in [2.05, 4.69) is 59.6 Å². The first kappa shape index (κ1) is 15.6. The van der Waals surface area contributed by atoms with E-state index in [4.69, 9.17) is 4.98 Å². The number of para-hydroxylation sites is 1. The van der Waals surface area contributed by atoms with Crippen LogP contribution in [0.2, 0.25) is 0 Å². The predicted molar refractivity (Wildman–Crippen MR) is 102 cm³/mol. The molecule has 1 saturated heterocycles. The molecule has 0 bridgehead atoms. The molecule has 24 heavy (non-hydrogen) atoms. The highest BCUT2D eigenvalue weighted by molar-refractivity contribution is 5.97. The number of hydrogen-bond donors (Lipinski definition) is 1. The van der Waals surface area contributed by atoms with Crippen LogP contribution in [0.1, 0.15) is 17.5 Å². The monoisotopic (exact) mass is 319 g/mol. The second-order valence-corrected chi connectivity index (χ2v) is 6.82. The van der Waals surface area contributed by atoms with Gasteiger partial charge < -0.3 is 10.2 Å². The molecule has 1 aromatic heterocycles. The van der Waals surface area contributed by atoms with Gasteiger partial charge in [0.2, 0.25) is 0 Å². The van der Waals surface area contributed by atoms with Gasteiger partial charge in [-0.25, -0.2) is 4.98 Å². The van der Waals surface area contributed by atoms with Crippen LogP contribution in [0.3, 0.4) is 0 Å². The molecule has 124 valence electrons. The lowest BCUT2D eigenvalue weighted by Gasteiger charge is -2.27. The number of nitrogens with zero attached hydrogens (tertiary/aromatic N) is 2. The van der Waals surface area contributed by atoms with Gasteiger partial charge in [0.15, 0.2) is 0 Å². The van der Waals surface area contributed by atoms with Crippen molar-refractivity contribution in [2.24, 2.45) is 0 Å². The summed E-state index contributed by atoms with van der Waals surface area (Å²) in [4.78, 5) is 7.44. The number of benzene rings is 2. The van der Waals surface area contributed by atoms with Crippen LogP contribution in [-0.4, -0.2) is 42.6 Å². The Morgan fingerprint density at radius 1 is 1.00 bits per heavy atom. The largest absolute Gasteiger partial charge is 0.314 e. The minimum Gasteiger partial charge on any atom is -0.314 e. The number of piperazine rings is 1. The Labute approximate surface area is 143 Å². The number of rotatable bonds is 4. The minimum atomic E-state index is 1.12. The minimum absolute atomic E-state index is 1.12. The third-order valence-electron chi connectivity index (χ3n) is 5.06. The lowest BCUT2D eigenvalue weighted by molar-refractivity contribution is 0.239. The van der Waals surface area contributed by atoms with E-state index in [1.165, 1.54) is 48.0 Å². The molecule has 4 rings (SSSR count). The Bertz CT molecular complexity index is 850. The molecule has 3 nitrogen and oxygen atoms in total. The summed E-state index contributed by atoms with van der Waals surface area (Å²) in [5, 5.41) is 6.07. The molecule has 0 amide bonds. The van der Waals surface area contributed by atoms with Gasteiger partial charge in [-0.3, -0.25) is 0 Å². The predicted octanol–water partition coefficient (Wildman–Crippen LogP) is 3.53. The number of aryl methyl sites for hydroxylation is 2. The maximum Gasteiger partial charge on any atom is 0.0712 e. The van der Waals surface area contributed by atoms with Gasteiger partial charge >= 0.3 is 0 Å². The van der Waals surface area contributed by atoms with Crippen molar-refractivity contribution in [3.05, 3.63) is 53.6 Å². The zero-order valence-corrected chi connectivity index (χ0v) is 14.4. The van der Waals surface area contributed by atoms with Gasteiger partial charge in [0.05, 0.1) is 11.0 Å². The van der Waals surface area contributed by atoms with Gasteiger partial charge in [-0.2, -0.15) is 0 Å². The van der Waals surface area contributed by atoms with Crippen LogP contribution in [0.15, 0.2) is 42.5 Å². The van der Waals surface area contributed by atoms with E-state index in [-0.39, 0.29) is 0 Å². The van der Waals surface area contributed by atoms with Crippen molar-refractivity contribution in [2.45, 2.75) is 19.8 Å². The zero-order valence-electron chi connectivity index (χ0n) is 14.4. The Hall–Kier alpha value is -1.97. The van der Waals surface area contributed by atoms with Crippen molar-refractivity contribution >= 4 is 21.8 Å². The molecule has 0 aliphatic carbocycles. The first-order chi connectivity index (χ1) is 11.8. The van der Waals surface area contributed by atoms with E-state index in [1.807, 2.05) is 0 Å². The zero-order chi connectivity index (χ0) is 16.4. The quantitative estimate of drug-likeness (QED) is 0.746. The fourth-order valence-corrected chi connectivity index (χ4v) is 3.77. The Morgan fingerprint density at radius 3 is 2.67 bits per heavy atom. The molecule has 3 heteroatoms. The van der Waals surface area contributed by atoms with Gasteiger partial charge in [0.1, 0.15) is 0 Å². The first-order valence-corrected chi connectivity index (χ1v) is 9.02. The number of pyridine rings is 1. The van der Waals surface area contributed by atoms with E-state index < -0.39 is 0 Å². The second-order valence-electron chi connectivity index (χ2n) is 6.82. The standard InChI is InChI=1S/C21H25N3/c1-16-8-9-21-19(15-16)17(18-5-2-3-7-20(18)23-21)6-4-12-24-13-10-22-11-14-24/h2-3,5,7-9,15,22H,4,6,10-14H2,1H3. The van der Waals surface area contributed by atoms with Crippen LogP contribution in [-0.2, 0) is 6.42 Å². The molecular formula is C21H25N3. The summed E-state index contributed by atoms with van der Waals surface area (Å²) in [6.07, 6.45) is 2.32. The van der Waals surface area contributed by atoms with Crippen molar-refractivity contribution in [1.29, 1.82) is 0 Å². The van der Waals surface area contributed by atoms with Crippen molar-refractivity contribution in [3.8, 4) is 0 Å². The van der Waals surface area contributed by atoms with Crippen LogP contribution in [0.4, 0.5) is 0 Å².